The molecule has 0 spiro atoms. The van der Waals surface area contributed by atoms with Gasteiger partial charge in [0.15, 0.2) is 0 Å². The van der Waals surface area contributed by atoms with Crippen LogP contribution in [0.25, 0.3) is 0 Å². The number of carbonyl (C=O) groups is 1. The fourth-order valence-corrected chi connectivity index (χ4v) is 4.56. The molecule has 0 bridgehead atoms. The van der Waals surface area contributed by atoms with Gasteiger partial charge in [0, 0.05) is 36.9 Å². The van der Waals surface area contributed by atoms with Gasteiger partial charge in [-0.2, -0.15) is 0 Å². The number of aromatic carboxylic acids is 1. The van der Waals surface area contributed by atoms with E-state index >= 15 is 0 Å². The molecule has 0 amide bonds. The van der Waals surface area contributed by atoms with E-state index in [1.165, 1.54) is 34.3 Å². The molecule has 166 valence electrons. The van der Waals surface area contributed by atoms with Crippen molar-refractivity contribution in [2.45, 2.75) is 45.1 Å². The predicted octanol–water partition coefficient (Wildman–Crippen LogP) is 5.32. The molecular weight excluding hydrogens is 398 g/mol. The number of nitrogens with one attached hydrogen (secondary N) is 1. The Morgan fingerprint density at radius 3 is 2.66 bits per heavy atom. The van der Waals surface area contributed by atoms with Gasteiger partial charge in [0.2, 0.25) is 0 Å². The van der Waals surface area contributed by atoms with E-state index in [0.717, 1.165) is 37.8 Å². The lowest BCUT2D eigenvalue weighted by Crippen LogP contribution is -2.30. The number of aromatic nitrogens is 1. The zero-order valence-corrected chi connectivity index (χ0v) is 18.8. The summed E-state index contributed by atoms with van der Waals surface area (Å²) in [6.45, 7) is 3.13. The highest BCUT2D eigenvalue weighted by Crippen LogP contribution is 2.32. The molecule has 0 radical (unpaired) electrons. The highest BCUT2D eigenvalue weighted by Gasteiger charge is 2.21. The number of fused-ring (bicyclic) bond motifs is 1. The van der Waals surface area contributed by atoms with E-state index in [-0.39, 0.29) is 6.04 Å². The van der Waals surface area contributed by atoms with Crippen LogP contribution >= 0.6 is 0 Å². The molecule has 5 heteroatoms. The molecule has 5 nitrogen and oxygen atoms in total. The molecule has 2 N–H and O–H groups in total. The Balaban J connectivity index is 1.49. The van der Waals surface area contributed by atoms with Crippen LogP contribution in [0, 0.1) is 0 Å². The van der Waals surface area contributed by atoms with Gasteiger partial charge in [-0.15, -0.1) is 0 Å². The summed E-state index contributed by atoms with van der Waals surface area (Å²) in [5.74, 6) is -0.894. The fourth-order valence-electron chi connectivity index (χ4n) is 4.56. The van der Waals surface area contributed by atoms with Crippen LogP contribution in [-0.2, 0) is 19.3 Å². The van der Waals surface area contributed by atoms with Crippen LogP contribution in [0.2, 0.25) is 0 Å². The molecule has 0 aliphatic carbocycles. The van der Waals surface area contributed by atoms with E-state index in [1.807, 2.05) is 0 Å². The Hall–Kier alpha value is -3.18. The van der Waals surface area contributed by atoms with E-state index < -0.39 is 5.97 Å². The van der Waals surface area contributed by atoms with E-state index in [1.54, 1.807) is 12.3 Å². The summed E-state index contributed by atoms with van der Waals surface area (Å²) >= 11 is 0. The van der Waals surface area contributed by atoms with Crippen molar-refractivity contribution in [1.82, 2.24) is 10.3 Å². The molecule has 32 heavy (non-hydrogen) atoms. The van der Waals surface area contributed by atoms with Crippen molar-refractivity contribution in [2.24, 2.45) is 0 Å². The topological polar surface area (TPSA) is 65.5 Å². The number of hydrogen-bond acceptors (Lipinski definition) is 4. The van der Waals surface area contributed by atoms with Crippen LogP contribution in [-0.4, -0.2) is 29.7 Å². The van der Waals surface area contributed by atoms with Crippen molar-refractivity contribution in [2.75, 3.05) is 18.5 Å². The lowest BCUT2D eigenvalue weighted by molar-refractivity contribution is 0.0695. The van der Waals surface area contributed by atoms with E-state index in [4.69, 9.17) is 0 Å². The lowest BCUT2D eigenvalue weighted by Gasteiger charge is -2.29. The van der Waals surface area contributed by atoms with Gasteiger partial charge in [-0.25, -0.2) is 4.79 Å². The number of nitrogens with zero attached hydrogens (tertiary/aromatic N) is 2. The third-order valence-corrected chi connectivity index (χ3v) is 6.37. The average molecular weight is 430 g/mol. The van der Waals surface area contributed by atoms with E-state index in [0.29, 0.717) is 12.0 Å². The minimum Gasteiger partial charge on any atom is -0.478 e. The van der Waals surface area contributed by atoms with Gasteiger partial charge in [-0.05, 0) is 84.8 Å². The molecule has 1 aliphatic rings. The summed E-state index contributed by atoms with van der Waals surface area (Å²) in [4.78, 5) is 17.9. The maximum atomic E-state index is 11.5. The molecule has 2 heterocycles. The van der Waals surface area contributed by atoms with Gasteiger partial charge >= 0.3 is 5.97 Å². The van der Waals surface area contributed by atoms with Crippen molar-refractivity contribution >= 4 is 17.3 Å². The molecule has 3 aromatic rings. The number of anilines is 2. The molecule has 0 unspecified atom stereocenters. The smallest absolute Gasteiger partial charge is 0.336 e. The first-order chi connectivity index (χ1) is 15.6. The largest absolute Gasteiger partial charge is 0.478 e. The van der Waals surface area contributed by atoms with Gasteiger partial charge < -0.3 is 15.3 Å². The van der Waals surface area contributed by atoms with Crippen LogP contribution < -0.4 is 10.2 Å². The number of aryl methyl sites for hydroxylation is 2. The van der Waals surface area contributed by atoms with Gasteiger partial charge in [-0.1, -0.05) is 31.5 Å². The number of hydrogen-bond donors (Lipinski definition) is 2. The third kappa shape index (κ3) is 4.83. The standard InChI is InChI=1S/C27H31N3O2/c1-3-4-19-5-8-22(9-6-19)30(2)23-10-11-24-20(17-23)13-16-29-26(24)12-7-21-18-28-15-14-25(21)27(31)32/h5-6,8-11,14-15,17-18,26,29H,3-4,7,12-13,16H2,1-2H3,(H,31,32)/t26-/m0/s1. The molecule has 0 saturated carbocycles. The van der Waals surface area contributed by atoms with Gasteiger partial charge in [0.25, 0.3) is 0 Å². The number of rotatable bonds is 8. The number of carboxylic acids is 1. The van der Waals surface area contributed by atoms with Gasteiger partial charge in [-0.3, -0.25) is 4.98 Å². The third-order valence-electron chi connectivity index (χ3n) is 6.37. The quantitative estimate of drug-likeness (QED) is 0.507. The van der Waals surface area contributed by atoms with Crippen LogP contribution in [0.1, 0.15) is 58.4 Å². The minimum atomic E-state index is -0.894. The van der Waals surface area contributed by atoms with Gasteiger partial charge in [0.1, 0.15) is 0 Å². The van der Waals surface area contributed by atoms with Crippen LogP contribution in [0.3, 0.4) is 0 Å². The second-order valence-electron chi connectivity index (χ2n) is 8.49. The average Bonchev–Trinajstić information content (AvgIpc) is 2.82. The summed E-state index contributed by atoms with van der Waals surface area (Å²) in [6.07, 6.45) is 8.01. The number of carboxylic acid groups (broad SMARTS) is 1. The Morgan fingerprint density at radius 2 is 1.91 bits per heavy atom. The second-order valence-corrected chi connectivity index (χ2v) is 8.49. The molecule has 0 fully saturated rings. The van der Waals surface area contributed by atoms with Crippen LogP contribution in [0.5, 0.6) is 0 Å². The zero-order chi connectivity index (χ0) is 22.5. The first-order valence-corrected chi connectivity index (χ1v) is 11.4. The van der Waals surface area contributed by atoms with Gasteiger partial charge in [0.05, 0.1) is 5.56 Å². The molecule has 2 aromatic carbocycles. The maximum absolute atomic E-state index is 11.5. The summed E-state index contributed by atoms with van der Waals surface area (Å²) in [6, 6.07) is 17.3. The highest BCUT2D eigenvalue weighted by atomic mass is 16.4. The molecule has 4 rings (SSSR count). The Morgan fingerprint density at radius 1 is 1.12 bits per heavy atom. The van der Waals surface area contributed by atoms with Crippen LogP contribution in [0.4, 0.5) is 11.4 Å². The molecule has 1 aliphatic heterocycles. The molecular formula is C27H31N3O2. The maximum Gasteiger partial charge on any atom is 0.336 e. The zero-order valence-electron chi connectivity index (χ0n) is 18.8. The summed E-state index contributed by atoms with van der Waals surface area (Å²) in [7, 11) is 2.12. The Kier molecular flexibility index (Phi) is 6.86. The van der Waals surface area contributed by atoms with Crippen molar-refractivity contribution in [3.63, 3.8) is 0 Å². The highest BCUT2D eigenvalue weighted by molar-refractivity contribution is 5.89. The fraction of sp³-hybridized carbons (Fsp3) is 0.333. The van der Waals surface area contributed by atoms with E-state index in [2.05, 4.69) is 71.6 Å². The molecule has 1 atom stereocenters. The predicted molar refractivity (Wildman–Crippen MR) is 129 cm³/mol. The SMILES string of the molecule is CCCc1ccc(N(C)c2ccc3c(c2)CCN[C@H]3CCc2cnccc2C(=O)O)cc1. The van der Waals surface area contributed by atoms with Crippen molar-refractivity contribution < 1.29 is 9.90 Å². The van der Waals surface area contributed by atoms with Crippen LogP contribution in [0.15, 0.2) is 60.9 Å². The Bertz CT molecular complexity index is 1080. The lowest BCUT2D eigenvalue weighted by atomic mass is 9.89. The first kappa shape index (κ1) is 22.0. The molecule has 0 saturated heterocycles. The minimum absolute atomic E-state index is 0.216. The summed E-state index contributed by atoms with van der Waals surface area (Å²) < 4.78 is 0. The summed E-state index contributed by atoms with van der Waals surface area (Å²) in [5, 5.41) is 13.0. The Labute approximate surface area is 190 Å². The van der Waals surface area contributed by atoms with Crippen molar-refractivity contribution in [1.29, 1.82) is 0 Å². The monoisotopic (exact) mass is 429 g/mol. The number of benzene rings is 2. The van der Waals surface area contributed by atoms with E-state index in [9.17, 15) is 9.90 Å². The normalized spacial score (nSPS) is 15.2. The first-order valence-electron chi connectivity index (χ1n) is 11.4. The second kappa shape index (κ2) is 9.96. The number of pyridine rings is 1. The van der Waals surface area contributed by atoms with Crippen molar-refractivity contribution in [3.05, 3.63) is 88.7 Å². The van der Waals surface area contributed by atoms with Crippen molar-refractivity contribution in [3.8, 4) is 0 Å². The summed E-state index contributed by atoms with van der Waals surface area (Å²) in [5.41, 5.74) is 7.57. The molecule has 1 aromatic heterocycles.